The summed E-state index contributed by atoms with van der Waals surface area (Å²) in [5, 5.41) is 11.9. The molecule has 0 atom stereocenters. The number of nitriles is 1. The molecule has 1 aromatic rings. The van der Waals surface area contributed by atoms with Crippen molar-refractivity contribution < 1.29 is 0 Å². The Hall–Kier alpha value is -1.67. The third kappa shape index (κ3) is 1.26. The fourth-order valence-corrected chi connectivity index (χ4v) is 2.15. The van der Waals surface area contributed by atoms with Gasteiger partial charge in [-0.3, -0.25) is 0 Å². The molecule has 15 heavy (non-hydrogen) atoms. The molecule has 0 radical (unpaired) electrons. The van der Waals surface area contributed by atoms with Crippen molar-refractivity contribution >= 4 is 5.95 Å². The maximum absolute atomic E-state index is 8.62. The summed E-state index contributed by atoms with van der Waals surface area (Å²) in [5.41, 5.74) is 0.997. The molecular formula is C10H11N5. The van der Waals surface area contributed by atoms with Crippen molar-refractivity contribution in [1.82, 2.24) is 15.3 Å². The molecular weight excluding hydrogens is 190 g/mol. The highest BCUT2D eigenvalue weighted by molar-refractivity contribution is 5.39. The zero-order chi connectivity index (χ0) is 10.3. The molecule has 0 amide bonds. The number of nitrogens with zero attached hydrogens (tertiary/aromatic N) is 4. The Balaban J connectivity index is 1.70. The van der Waals surface area contributed by atoms with Crippen LogP contribution in [0.3, 0.4) is 0 Å². The van der Waals surface area contributed by atoms with Crippen LogP contribution in [0.5, 0.6) is 0 Å². The lowest BCUT2D eigenvalue weighted by atomic mass is 9.75. The zero-order valence-corrected chi connectivity index (χ0v) is 8.27. The van der Waals surface area contributed by atoms with E-state index < -0.39 is 0 Å². The van der Waals surface area contributed by atoms with E-state index in [-0.39, 0.29) is 0 Å². The Labute approximate surface area is 87.8 Å². The van der Waals surface area contributed by atoms with Crippen LogP contribution in [-0.4, -0.2) is 36.1 Å². The number of rotatable bonds is 1. The Morgan fingerprint density at radius 3 is 2.47 bits per heavy atom. The van der Waals surface area contributed by atoms with Gasteiger partial charge in [0.05, 0.1) is 18.0 Å². The van der Waals surface area contributed by atoms with Crippen molar-refractivity contribution in [3.63, 3.8) is 0 Å². The van der Waals surface area contributed by atoms with Gasteiger partial charge in [0.2, 0.25) is 5.95 Å². The van der Waals surface area contributed by atoms with Crippen LogP contribution in [0.1, 0.15) is 5.56 Å². The Morgan fingerprint density at radius 2 is 2.00 bits per heavy atom. The van der Waals surface area contributed by atoms with Crippen LogP contribution in [0, 0.1) is 16.7 Å². The van der Waals surface area contributed by atoms with Gasteiger partial charge in [-0.05, 0) is 0 Å². The van der Waals surface area contributed by atoms with Crippen molar-refractivity contribution in [1.29, 1.82) is 5.26 Å². The minimum absolute atomic E-state index is 0.483. The van der Waals surface area contributed by atoms with Gasteiger partial charge in [-0.15, -0.1) is 0 Å². The summed E-state index contributed by atoms with van der Waals surface area (Å²) in [6, 6.07) is 2.01. The molecule has 1 spiro atoms. The topological polar surface area (TPSA) is 64.8 Å². The molecule has 3 rings (SSSR count). The van der Waals surface area contributed by atoms with Crippen molar-refractivity contribution in [2.45, 2.75) is 0 Å². The Morgan fingerprint density at radius 1 is 1.33 bits per heavy atom. The molecule has 0 bridgehead atoms. The molecule has 5 nitrogen and oxygen atoms in total. The number of hydrogen-bond donors (Lipinski definition) is 1. The van der Waals surface area contributed by atoms with Gasteiger partial charge in [-0.25, -0.2) is 9.97 Å². The Kier molecular flexibility index (Phi) is 1.67. The molecule has 3 heterocycles. The normalized spacial score (nSPS) is 21.7. The predicted molar refractivity (Wildman–Crippen MR) is 54.3 cm³/mol. The Bertz CT molecular complexity index is 406. The molecule has 0 aromatic carbocycles. The molecule has 0 aliphatic carbocycles. The van der Waals surface area contributed by atoms with Crippen molar-refractivity contribution in [3.8, 4) is 6.07 Å². The smallest absolute Gasteiger partial charge is 0.225 e. The molecule has 2 aliphatic rings. The molecule has 1 aromatic heterocycles. The monoisotopic (exact) mass is 201 g/mol. The number of hydrogen-bond acceptors (Lipinski definition) is 5. The number of aromatic nitrogens is 2. The van der Waals surface area contributed by atoms with E-state index >= 15 is 0 Å². The molecule has 0 saturated carbocycles. The minimum Gasteiger partial charge on any atom is -0.339 e. The maximum Gasteiger partial charge on any atom is 0.225 e. The fourth-order valence-electron chi connectivity index (χ4n) is 2.15. The average molecular weight is 201 g/mol. The number of nitrogens with one attached hydrogen (secondary N) is 1. The minimum atomic E-state index is 0.483. The first-order valence-corrected chi connectivity index (χ1v) is 4.99. The summed E-state index contributed by atoms with van der Waals surface area (Å²) < 4.78 is 0. The van der Waals surface area contributed by atoms with Crippen LogP contribution < -0.4 is 10.2 Å². The molecule has 76 valence electrons. The van der Waals surface area contributed by atoms with Gasteiger partial charge >= 0.3 is 0 Å². The highest BCUT2D eigenvalue weighted by atomic mass is 15.3. The van der Waals surface area contributed by atoms with Crippen molar-refractivity contribution in [2.75, 3.05) is 31.1 Å². The molecule has 2 aliphatic heterocycles. The van der Waals surface area contributed by atoms with E-state index in [1.54, 1.807) is 12.4 Å². The lowest BCUT2D eigenvalue weighted by Gasteiger charge is -2.55. The zero-order valence-electron chi connectivity index (χ0n) is 8.27. The number of anilines is 1. The summed E-state index contributed by atoms with van der Waals surface area (Å²) in [6.07, 6.45) is 3.15. The van der Waals surface area contributed by atoms with E-state index in [1.165, 1.54) is 0 Å². The second kappa shape index (κ2) is 2.91. The van der Waals surface area contributed by atoms with Gasteiger partial charge in [0.25, 0.3) is 0 Å². The molecule has 2 saturated heterocycles. The average Bonchev–Trinajstić information content (AvgIpc) is 2.14. The summed E-state index contributed by atoms with van der Waals surface area (Å²) in [7, 11) is 0. The summed E-state index contributed by atoms with van der Waals surface area (Å²) in [6.45, 7) is 4.29. The first-order chi connectivity index (χ1) is 7.31. The first kappa shape index (κ1) is 8.62. The van der Waals surface area contributed by atoms with Crippen LogP contribution >= 0.6 is 0 Å². The highest BCUT2D eigenvalue weighted by Gasteiger charge is 2.48. The second-order valence-electron chi connectivity index (χ2n) is 4.34. The molecule has 0 unspecified atom stereocenters. The lowest BCUT2D eigenvalue weighted by Crippen LogP contribution is -2.71. The van der Waals surface area contributed by atoms with Gasteiger partial charge in [0.15, 0.2) is 0 Å². The fraction of sp³-hybridized carbons (Fsp3) is 0.500. The summed E-state index contributed by atoms with van der Waals surface area (Å²) >= 11 is 0. The largest absolute Gasteiger partial charge is 0.339 e. The van der Waals surface area contributed by atoms with E-state index in [1.807, 2.05) is 6.07 Å². The van der Waals surface area contributed by atoms with Crippen LogP contribution in [0.4, 0.5) is 5.95 Å². The van der Waals surface area contributed by atoms with Crippen LogP contribution in [0.15, 0.2) is 12.4 Å². The lowest BCUT2D eigenvalue weighted by molar-refractivity contribution is 0.119. The molecule has 2 fully saturated rings. The summed E-state index contributed by atoms with van der Waals surface area (Å²) in [5.74, 6) is 0.742. The van der Waals surface area contributed by atoms with E-state index in [2.05, 4.69) is 20.2 Å². The van der Waals surface area contributed by atoms with E-state index in [0.717, 1.165) is 32.1 Å². The van der Waals surface area contributed by atoms with Gasteiger partial charge in [-0.2, -0.15) is 5.26 Å². The van der Waals surface area contributed by atoms with Crippen LogP contribution in [0.2, 0.25) is 0 Å². The van der Waals surface area contributed by atoms with Crippen molar-refractivity contribution in [3.05, 3.63) is 18.0 Å². The third-order valence-electron chi connectivity index (χ3n) is 3.10. The SMILES string of the molecule is N#Cc1cnc(N2CC3(CNC3)C2)nc1. The van der Waals surface area contributed by atoms with E-state index in [4.69, 9.17) is 5.26 Å². The van der Waals surface area contributed by atoms with E-state index in [0.29, 0.717) is 11.0 Å². The van der Waals surface area contributed by atoms with Crippen molar-refractivity contribution in [2.24, 2.45) is 5.41 Å². The second-order valence-corrected chi connectivity index (χ2v) is 4.34. The van der Waals surface area contributed by atoms with Crippen LogP contribution in [-0.2, 0) is 0 Å². The maximum atomic E-state index is 8.62. The summed E-state index contributed by atoms with van der Waals surface area (Å²) in [4.78, 5) is 10.5. The van der Waals surface area contributed by atoms with E-state index in [9.17, 15) is 0 Å². The quantitative estimate of drug-likeness (QED) is 0.679. The standard InChI is InChI=1S/C10H11N5/c11-1-8-2-13-9(14-3-8)15-6-10(7-15)4-12-5-10/h2-3,12H,4-7H2. The van der Waals surface area contributed by atoms with Crippen LogP contribution in [0.25, 0.3) is 0 Å². The molecule has 5 heteroatoms. The molecule has 1 N–H and O–H groups in total. The highest BCUT2D eigenvalue weighted by Crippen LogP contribution is 2.35. The predicted octanol–water partition coefficient (Wildman–Crippen LogP) is -0.242. The van der Waals surface area contributed by atoms with Gasteiger partial charge in [0, 0.05) is 31.6 Å². The van der Waals surface area contributed by atoms with Gasteiger partial charge < -0.3 is 10.2 Å². The first-order valence-electron chi connectivity index (χ1n) is 4.99. The van der Waals surface area contributed by atoms with Gasteiger partial charge in [0.1, 0.15) is 6.07 Å². The third-order valence-corrected chi connectivity index (χ3v) is 3.10. The van der Waals surface area contributed by atoms with Gasteiger partial charge in [-0.1, -0.05) is 0 Å².